The number of allylic oxidation sites excluding steroid dienone is 1. The molecule has 1 saturated heterocycles. The average Bonchev–Trinajstić information content (AvgIpc) is 3.51. The van der Waals surface area contributed by atoms with Crippen molar-refractivity contribution in [3.05, 3.63) is 11.6 Å². The van der Waals surface area contributed by atoms with Crippen molar-refractivity contribution < 1.29 is 39.1 Å². The first-order valence-corrected chi connectivity index (χ1v) is 23.1. The van der Waals surface area contributed by atoms with Gasteiger partial charge in [0, 0.05) is 12.3 Å². The molecule has 3 saturated carbocycles. The minimum atomic E-state index is -1.50. The summed E-state index contributed by atoms with van der Waals surface area (Å²) in [6.45, 7) is 14.0. The Kier molecular flexibility index (Phi) is 16.8. The number of ether oxygens (including phenoxy) is 3. The van der Waals surface area contributed by atoms with Gasteiger partial charge in [0.25, 0.3) is 0 Å². The molecule has 8 nitrogen and oxygen atoms in total. The zero-order valence-electron chi connectivity index (χ0n) is 35.7. The second kappa shape index (κ2) is 20.6. The lowest BCUT2D eigenvalue weighted by molar-refractivity contribution is -0.313. The van der Waals surface area contributed by atoms with Gasteiger partial charge >= 0.3 is 5.97 Å². The van der Waals surface area contributed by atoms with Crippen LogP contribution in [-0.4, -0.2) is 70.5 Å². The van der Waals surface area contributed by atoms with Gasteiger partial charge in [0.2, 0.25) is 0 Å². The van der Waals surface area contributed by atoms with E-state index in [2.05, 4.69) is 41.5 Å². The van der Waals surface area contributed by atoms with E-state index in [0.29, 0.717) is 42.3 Å². The Labute approximate surface area is 334 Å². The van der Waals surface area contributed by atoms with E-state index in [0.717, 1.165) is 56.4 Å². The smallest absolute Gasteiger partial charge is 0.305 e. The van der Waals surface area contributed by atoms with Gasteiger partial charge in [0.1, 0.15) is 31.0 Å². The summed E-state index contributed by atoms with van der Waals surface area (Å²) < 4.78 is 17.8. The molecule has 4 aliphatic carbocycles. The summed E-state index contributed by atoms with van der Waals surface area (Å²) in [5.74, 6) is 2.96. The van der Waals surface area contributed by atoms with Gasteiger partial charge in [-0.2, -0.15) is 0 Å². The molecule has 55 heavy (non-hydrogen) atoms. The van der Waals surface area contributed by atoms with E-state index >= 15 is 0 Å². The lowest BCUT2D eigenvalue weighted by Crippen LogP contribution is -2.60. The molecule has 0 aromatic rings. The molecule has 0 spiro atoms. The summed E-state index contributed by atoms with van der Waals surface area (Å²) in [4.78, 5) is 26.7. The number of hydrogen-bond acceptors (Lipinski definition) is 8. The quantitative estimate of drug-likeness (QED) is 0.0779. The van der Waals surface area contributed by atoms with Crippen molar-refractivity contribution in [2.24, 2.45) is 46.3 Å². The summed E-state index contributed by atoms with van der Waals surface area (Å²) in [6, 6.07) is 0. The largest absolute Gasteiger partial charge is 0.463 e. The van der Waals surface area contributed by atoms with Gasteiger partial charge < -0.3 is 29.5 Å². The van der Waals surface area contributed by atoms with E-state index in [1.165, 1.54) is 83.5 Å². The number of aliphatic hydroxyl groups excluding tert-OH is 3. The Morgan fingerprint density at radius 3 is 2.16 bits per heavy atom. The van der Waals surface area contributed by atoms with Crippen molar-refractivity contribution in [3.8, 4) is 0 Å². The monoisotopic (exact) mass is 773 g/mol. The van der Waals surface area contributed by atoms with Crippen LogP contribution in [0.15, 0.2) is 11.6 Å². The molecule has 4 fully saturated rings. The molecule has 0 aromatic carbocycles. The van der Waals surface area contributed by atoms with Gasteiger partial charge in [-0.25, -0.2) is 0 Å². The Bertz CT molecular complexity index is 1250. The maximum absolute atomic E-state index is 14.1. The number of rotatable bonds is 21. The number of carbonyl (C=O) groups is 2. The van der Waals surface area contributed by atoms with Gasteiger partial charge in [0.15, 0.2) is 12.1 Å². The second-order valence-electron chi connectivity index (χ2n) is 19.7. The molecule has 5 rings (SSSR count). The van der Waals surface area contributed by atoms with Crippen LogP contribution in [0.3, 0.4) is 0 Å². The van der Waals surface area contributed by atoms with E-state index in [1.807, 2.05) is 6.08 Å². The van der Waals surface area contributed by atoms with Crippen LogP contribution in [-0.2, 0) is 23.8 Å². The number of ketones is 1. The Hall–Kier alpha value is -1.32. The van der Waals surface area contributed by atoms with Crippen LogP contribution in [0, 0.1) is 46.3 Å². The fraction of sp³-hybridized carbons (Fsp3) is 0.915. The predicted octanol–water partition coefficient (Wildman–Crippen LogP) is 9.64. The summed E-state index contributed by atoms with van der Waals surface area (Å²) >= 11 is 0. The van der Waals surface area contributed by atoms with Gasteiger partial charge in [-0.15, -0.1) is 0 Å². The van der Waals surface area contributed by atoms with Crippen LogP contribution in [0.25, 0.3) is 0 Å². The van der Waals surface area contributed by atoms with Crippen molar-refractivity contribution >= 4 is 11.8 Å². The Balaban J connectivity index is 1.09. The molecule has 316 valence electrons. The molecule has 5 aliphatic rings. The fourth-order valence-corrected chi connectivity index (χ4v) is 12.0. The molecule has 1 aliphatic heterocycles. The Morgan fingerprint density at radius 1 is 0.818 bits per heavy atom. The van der Waals surface area contributed by atoms with E-state index in [-0.39, 0.29) is 35.4 Å². The van der Waals surface area contributed by atoms with Crippen molar-refractivity contribution in [2.45, 2.75) is 220 Å². The molecule has 13 atom stereocenters. The summed E-state index contributed by atoms with van der Waals surface area (Å²) in [5, 5.41) is 32.3. The molecular weight excluding hydrogens is 693 g/mol. The highest BCUT2D eigenvalue weighted by molar-refractivity contribution is 5.94. The molecule has 0 aromatic heterocycles. The van der Waals surface area contributed by atoms with Gasteiger partial charge in [-0.1, -0.05) is 131 Å². The highest BCUT2D eigenvalue weighted by Crippen LogP contribution is 2.67. The zero-order valence-corrected chi connectivity index (χ0v) is 35.7. The molecule has 8 heteroatoms. The summed E-state index contributed by atoms with van der Waals surface area (Å²) in [6.07, 6.45) is 19.4. The van der Waals surface area contributed by atoms with Crippen molar-refractivity contribution in [2.75, 3.05) is 6.61 Å². The first-order valence-electron chi connectivity index (χ1n) is 23.1. The molecular formula is C47H80O8. The highest BCUT2D eigenvalue weighted by atomic mass is 16.7. The Morgan fingerprint density at radius 2 is 1.49 bits per heavy atom. The van der Waals surface area contributed by atoms with E-state index in [4.69, 9.17) is 14.2 Å². The molecule has 1 heterocycles. The minimum absolute atomic E-state index is 0.0624. The standard InChI is InChI=1S/C47H80O8/c1-7-8-9-10-11-12-13-14-15-16-17-21-40(49)53-30-39-42(50)43(51)44(52)45(55-39)54-34-24-26-46(5)33(28-34)29-38(48)41-36-23-22-35(32(4)20-18-19-31(2)3)47(36,6)27-25-37(41)46/h29,31-32,34-37,39,41-45,50-52H,7-28,30H2,1-6H3/t32-,34+,35-,36+,37+,39-,41+,42-,43-,44-,45+,46+,47-/m1/s1. The third-order valence-electron chi connectivity index (χ3n) is 15.5. The number of fused-ring (bicyclic) bond motifs is 5. The number of hydrogen-bond donors (Lipinski definition) is 3. The van der Waals surface area contributed by atoms with Crippen LogP contribution in [0.2, 0.25) is 0 Å². The number of unbranched alkanes of at least 4 members (excludes halogenated alkanes) is 10. The van der Waals surface area contributed by atoms with Gasteiger partial charge in [-0.05, 0) is 97.9 Å². The van der Waals surface area contributed by atoms with Crippen LogP contribution >= 0.6 is 0 Å². The lowest BCUT2D eigenvalue weighted by Gasteiger charge is -2.58. The second-order valence-corrected chi connectivity index (χ2v) is 19.7. The number of esters is 1. The maximum Gasteiger partial charge on any atom is 0.305 e. The average molecular weight is 773 g/mol. The summed E-state index contributed by atoms with van der Waals surface area (Å²) in [7, 11) is 0. The zero-order chi connectivity index (χ0) is 39.8. The van der Waals surface area contributed by atoms with E-state index < -0.39 is 30.7 Å². The number of carbonyl (C=O) groups excluding carboxylic acids is 2. The van der Waals surface area contributed by atoms with Gasteiger partial charge in [0.05, 0.1) is 6.10 Å². The molecule has 0 bridgehead atoms. The van der Waals surface area contributed by atoms with Crippen LogP contribution in [0.1, 0.15) is 183 Å². The fourth-order valence-electron chi connectivity index (χ4n) is 12.0. The highest BCUT2D eigenvalue weighted by Gasteiger charge is 2.61. The lowest BCUT2D eigenvalue weighted by atomic mass is 9.46. The normalized spacial score (nSPS) is 37.9. The molecule has 0 unspecified atom stereocenters. The van der Waals surface area contributed by atoms with Crippen molar-refractivity contribution in [3.63, 3.8) is 0 Å². The maximum atomic E-state index is 14.1. The summed E-state index contributed by atoms with van der Waals surface area (Å²) in [5.41, 5.74) is 1.31. The van der Waals surface area contributed by atoms with Gasteiger partial charge in [-0.3, -0.25) is 9.59 Å². The molecule has 3 N–H and O–H groups in total. The van der Waals surface area contributed by atoms with Crippen molar-refractivity contribution in [1.29, 1.82) is 0 Å². The first kappa shape index (κ1) is 44.8. The molecule has 0 amide bonds. The van der Waals surface area contributed by atoms with E-state index in [9.17, 15) is 24.9 Å². The minimum Gasteiger partial charge on any atom is -0.463 e. The topological polar surface area (TPSA) is 123 Å². The van der Waals surface area contributed by atoms with Crippen LogP contribution < -0.4 is 0 Å². The third kappa shape index (κ3) is 10.8. The van der Waals surface area contributed by atoms with E-state index in [1.54, 1.807) is 0 Å². The first-order chi connectivity index (χ1) is 26.3. The van der Waals surface area contributed by atoms with Crippen LogP contribution in [0.4, 0.5) is 0 Å². The SMILES string of the molecule is CCCCCCCCCCCCCC(=O)OC[C@H]1O[C@H](O[C@H]2CC[C@@]3(C)C(=CC(=O)[C@H]4[C@@H]5CC[C@H]([C@H](C)CCCC(C)C)[C@@]5(C)CC[C@@H]43)C2)[C@H](O)[C@H](O)[C@@H]1O. The predicted molar refractivity (Wildman–Crippen MR) is 217 cm³/mol. The van der Waals surface area contributed by atoms with Crippen LogP contribution in [0.5, 0.6) is 0 Å². The third-order valence-corrected chi connectivity index (χ3v) is 15.5. The number of aliphatic hydroxyl groups is 3. The molecule has 0 radical (unpaired) electrons. The van der Waals surface area contributed by atoms with Crippen molar-refractivity contribution in [1.82, 2.24) is 0 Å².